The number of benzene rings is 1. The molecule has 3 aromatic rings. The number of fused-ring (bicyclic) bond motifs is 2. The topological polar surface area (TPSA) is 70.8 Å². The molecular formula is C22H23N5O2. The largest absolute Gasteiger partial charge is 0.339 e. The average molecular weight is 389 g/mol. The maximum atomic E-state index is 13.0. The lowest BCUT2D eigenvalue weighted by Gasteiger charge is -2.36. The van der Waals surface area contributed by atoms with Gasteiger partial charge in [-0.2, -0.15) is 5.10 Å². The predicted octanol–water partition coefficient (Wildman–Crippen LogP) is 2.17. The lowest BCUT2D eigenvalue weighted by atomic mass is 9.92. The van der Waals surface area contributed by atoms with Crippen molar-refractivity contribution in [3.05, 3.63) is 65.6 Å². The summed E-state index contributed by atoms with van der Waals surface area (Å²) in [4.78, 5) is 33.9. The fourth-order valence-electron chi connectivity index (χ4n) is 4.40. The van der Waals surface area contributed by atoms with Crippen LogP contribution in [-0.4, -0.2) is 55.8 Å². The average Bonchev–Trinajstić information content (AvgIpc) is 3.26. The second-order valence-electron chi connectivity index (χ2n) is 7.82. The van der Waals surface area contributed by atoms with Crippen LogP contribution in [0.15, 0.2) is 48.9 Å². The Morgan fingerprint density at radius 1 is 0.966 bits per heavy atom. The van der Waals surface area contributed by atoms with Crippen LogP contribution in [0.4, 0.5) is 0 Å². The van der Waals surface area contributed by atoms with E-state index in [0.717, 1.165) is 25.8 Å². The third kappa shape index (κ3) is 3.37. The highest BCUT2D eigenvalue weighted by atomic mass is 16.2. The summed E-state index contributed by atoms with van der Waals surface area (Å²) in [5, 5.41) is 4.06. The SMILES string of the molecule is O=C(c1ccn2ncnc2c1)N1CCC(C(=O)N2CCc3ccccc3C2)CC1. The van der Waals surface area contributed by atoms with Crippen molar-refractivity contribution in [2.45, 2.75) is 25.8 Å². The Morgan fingerprint density at radius 3 is 2.59 bits per heavy atom. The first-order valence-corrected chi connectivity index (χ1v) is 10.1. The molecule has 5 rings (SSSR count). The number of amides is 2. The number of rotatable bonds is 2. The van der Waals surface area contributed by atoms with E-state index in [9.17, 15) is 9.59 Å². The van der Waals surface area contributed by atoms with Crippen molar-refractivity contribution in [1.29, 1.82) is 0 Å². The number of piperidine rings is 1. The molecule has 0 N–H and O–H groups in total. The van der Waals surface area contributed by atoms with Gasteiger partial charge in [0.1, 0.15) is 6.33 Å². The number of hydrogen-bond acceptors (Lipinski definition) is 4. The Bertz CT molecular complexity index is 1070. The molecule has 0 unspecified atom stereocenters. The van der Waals surface area contributed by atoms with E-state index in [0.29, 0.717) is 30.8 Å². The molecule has 0 atom stereocenters. The smallest absolute Gasteiger partial charge is 0.254 e. The van der Waals surface area contributed by atoms with Crippen molar-refractivity contribution >= 4 is 17.5 Å². The number of nitrogens with zero attached hydrogens (tertiary/aromatic N) is 5. The zero-order chi connectivity index (χ0) is 19.8. The second-order valence-corrected chi connectivity index (χ2v) is 7.82. The molecule has 29 heavy (non-hydrogen) atoms. The molecule has 2 aliphatic rings. The summed E-state index contributed by atoms with van der Waals surface area (Å²) >= 11 is 0. The van der Waals surface area contributed by atoms with Gasteiger partial charge in [-0.1, -0.05) is 24.3 Å². The molecule has 1 aromatic carbocycles. The van der Waals surface area contributed by atoms with Gasteiger partial charge in [0, 0.05) is 43.9 Å². The lowest BCUT2D eigenvalue weighted by molar-refractivity contribution is -0.137. The highest BCUT2D eigenvalue weighted by Crippen LogP contribution is 2.25. The minimum absolute atomic E-state index is 0.00304. The van der Waals surface area contributed by atoms with Crippen molar-refractivity contribution in [2.75, 3.05) is 19.6 Å². The van der Waals surface area contributed by atoms with Gasteiger partial charge in [-0.25, -0.2) is 9.50 Å². The molecule has 2 aliphatic heterocycles. The first kappa shape index (κ1) is 17.8. The van der Waals surface area contributed by atoms with Gasteiger partial charge in [0.05, 0.1) is 0 Å². The van der Waals surface area contributed by atoms with Gasteiger partial charge in [0.25, 0.3) is 5.91 Å². The molecule has 4 heterocycles. The summed E-state index contributed by atoms with van der Waals surface area (Å²) in [6.07, 6.45) is 5.58. The molecule has 1 saturated heterocycles. The molecule has 0 aliphatic carbocycles. The van der Waals surface area contributed by atoms with Gasteiger partial charge in [-0.15, -0.1) is 0 Å². The third-order valence-corrected chi connectivity index (χ3v) is 6.10. The van der Waals surface area contributed by atoms with E-state index in [1.54, 1.807) is 22.8 Å². The number of pyridine rings is 1. The van der Waals surface area contributed by atoms with Gasteiger partial charge < -0.3 is 9.80 Å². The van der Waals surface area contributed by atoms with Crippen LogP contribution in [0.3, 0.4) is 0 Å². The number of carbonyl (C=O) groups is 2. The quantitative estimate of drug-likeness (QED) is 0.674. The Hall–Kier alpha value is -3.22. The van der Waals surface area contributed by atoms with Crippen molar-refractivity contribution in [2.24, 2.45) is 5.92 Å². The van der Waals surface area contributed by atoms with E-state index < -0.39 is 0 Å². The van der Waals surface area contributed by atoms with Crippen LogP contribution in [0.25, 0.3) is 5.65 Å². The molecular weight excluding hydrogens is 366 g/mol. The molecule has 0 radical (unpaired) electrons. The first-order chi connectivity index (χ1) is 14.2. The molecule has 0 saturated carbocycles. The molecule has 1 fully saturated rings. The Kier molecular flexibility index (Phi) is 4.50. The van der Waals surface area contributed by atoms with Crippen LogP contribution in [-0.2, 0) is 17.8 Å². The number of likely N-dealkylation sites (tertiary alicyclic amines) is 1. The zero-order valence-electron chi connectivity index (χ0n) is 16.2. The molecule has 148 valence electrons. The molecule has 0 spiro atoms. The summed E-state index contributed by atoms with van der Waals surface area (Å²) in [6.45, 7) is 2.70. The maximum Gasteiger partial charge on any atom is 0.254 e. The highest BCUT2D eigenvalue weighted by molar-refractivity contribution is 5.95. The molecule has 7 nitrogen and oxygen atoms in total. The van der Waals surface area contributed by atoms with E-state index in [2.05, 4.69) is 28.3 Å². The second kappa shape index (κ2) is 7.31. The van der Waals surface area contributed by atoms with Crippen molar-refractivity contribution in [1.82, 2.24) is 24.4 Å². The van der Waals surface area contributed by atoms with Crippen LogP contribution in [0.2, 0.25) is 0 Å². The Balaban J connectivity index is 1.21. The van der Waals surface area contributed by atoms with E-state index in [1.165, 1.54) is 17.5 Å². The molecule has 7 heteroatoms. The highest BCUT2D eigenvalue weighted by Gasteiger charge is 2.31. The summed E-state index contributed by atoms with van der Waals surface area (Å²) in [6, 6.07) is 11.9. The summed E-state index contributed by atoms with van der Waals surface area (Å²) in [5.41, 5.74) is 3.87. The van der Waals surface area contributed by atoms with Crippen LogP contribution >= 0.6 is 0 Å². The van der Waals surface area contributed by atoms with Crippen LogP contribution in [0.1, 0.15) is 34.3 Å². The van der Waals surface area contributed by atoms with Gasteiger partial charge in [-0.05, 0) is 42.5 Å². The van der Waals surface area contributed by atoms with Gasteiger partial charge in [0.2, 0.25) is 5.91 Å². The van der Waals surface area contributed by atoms with Crippen molar-refractivity contribution in [3.63, 3.8) is 0 Å². The van der Waals surface area contributed by atoms with Crippen LogP contribution in [0.5, 0.6) is 0 Å². The molecule has 2 amide bonds. The zero-order valence-corrected chi connectivity index (χ0v) is 16.2. The van der Waals surface area contributed by atoms with Gasteiger partial charge in [-0.3, -0.25) is 9.59 Å². The van der Waals surface area contributed by atoms with Gasteiger partial charge in [0.15, 0.2) is 5.65 Å². The molecule has 0 bridgehead atoms. The number of aromatic nitrogens is 3. The Morgan fingerprint density at radius 2 is 1.76 bits per heavy atom. The fourth-order valence-corrected chi connectivity index (χ4v) is 4.40. The van der Waals surface area contributed by atoms with E-state index in [-0.39, 0.29) is 17.7 Å². The van der Waals surface area contributed by atoms with Crippen LogP contribution < -0.4 is 0 Å². The summed E-state index contributed by atoms with van der Waals surface area (Å²) in [7, 11) is 0. The maximum absolute atomic E-state index is 13.0. The monoisotopic (exact) mass is 389 g/mol. The van der Waals surface area contributed by atoms with E-state index in [1.807, 2.05) is 15.9 Å². The number of hydrogen-bond donors (Lipinski definition) is 0. The van der Waals surface area contributed by atoms with Crippen molar-refractivity contribution in [3.8, 4) is 0 Å². The lowest BCUT2D eigenvalue weighted by Crippen LogP contribution is -2.45. The Labute approximate surface area is 168 Å². The molecule has 2 aromatic heterocycles. The summed E-state index contributed by atoms with van der Waals surface area (Å²) in [5.74, 6) is 0.230. The predicted molar refractivity (Wildman–Crippen MR) is 107 cm³/mol. The number of carbonyl (C=O) groups excluding carboxylic acids is 2. The fraction of sp³-hybridized carbons (Fsp3) is 0.364. The minimum atomic E-state index is -0.00620. The third-order valence-electron chi connectivity index (χ3n) is 6.10. The van der Waals surface area contributed by atoms with Gasteiger partial charge >= 0.3 is 0 Å². The standard InChI is InChI=1S/C22H23N5O2/c28-21(26-11-5-16-3-1-2-4-19(16)14-26)17-6-9-25(10-7-17)22(29)18-8-12-27-20(13-18)23-15-24-27/h1-4,8,12-13,15,17H,5-7,9-11,14H2. The van der Waals surface area contributed by atoms with E-state index >= 15 is 0 Å². The first-order valence-electron chi connectivity index (χ1n) is 10.1. The van der Waals surface area contributed by atoms with Crippen LogP contribution in [0, 0.1) is 5.92 Å². The van der Waals surface area contributed by atoms with Crippen molar-refractivity contribution < 1.29 is 9.59 Å². The van der Waals surface area contributed by atoms with E-state index in [4.69, 9.17) is 0 Å². The minimum Gasteiger partial charge on any atom is -0.339 e. The summed E-state index contributed by atoms with van der Waals surface area (Å²) < 4.78 is 1.64. The normalized spacial score (nSPS) is 17.4.